The lowest BCUT2D eigenvalue weighted by molar-refractivity contribution is -0.157. The molecule has 2 aliphatic carbocycles. The van der Waals surface area contributed by atoms with Gasteiger partial charge in [-0.3, -0.25) is 9.59 Å². The average Bonchev–Trinajstić information content (AvgIpc) is 3.35. The summed E-state index contributed by atoms with van der Waals surface area (Å²) in [7, 11) is 1.41. The van der Waals surface area contributed by atoms with Crippen LogP contribution in [-0.4, -0.2) is 19.0 Å². The number of benzene rings is 2. The molecule has 0 radical (unpaired) electrons. The van der Waals surface area contributed by atoms with Gasteiger partial charge in [0.2, 0.25) is 0 Å². The van der Waals surface area contributed by atoms with Crippen molar-refractivity contribution in [2.45, 2.75) is 31.8 Å². The van der Waals surface area contributed by atoms with Crippen LogP contribution in [0.5, 0.6) is 0 Å². The van der Waals surface area contributed by atoms with Crippen LogP contribution in [0.3, 0.4) is 0 Å². The number of hydrogen-bond acceptors (Lipinski definition) is 4. The molecular weight excluding hydrogens is 352 g/mol. The first-order valence-electron chi connectivity index (χ1n) is 10.0. The second kappa shape index (κ2) is 8.17. The maximum atomic E-state index is 13.3. The largest absolute Gasteiger partial charge is 0.469 e. The Morgan fingerprint density at radius 3 is 2.07 bits per heavy atom. The summed E-state index contributed by atoms with van der Waals surface area (Å²) in [5, 5.41) is 0. The Hall–Kier alpha value is -2.62. The number of fused-ring (bicyclic) bond motifs is 2. The van der Waals surface area contributed by atoms with Gasteiger partial charge in [0.15, 0.2) is 6.10 Å². The Morgan fingerprint density at radius 1 is 0.929 bits per heavy atom. The van der Waals surface area contributed by atoms with E-state index in [-0.39, 0.29) is 23.8 Å². The number of carbonyl (C=O) groups excluding carboxylic acids is 2. The van der Waals surface area contributed by atoms with Crippen LogP contribution in [-0.2, 0) is 19.1 Å². The normalized spacial score (nSPS) is 25.6. The second-order valence-corrected chi connectivity index (χ2v) is 7.94. The van der Waals surface area contributed by atoms with E-state index in [4.69, 9.17) is 9.47 Å². The SMILES string of the molecule is COC(=O)CC1C(C(=O)OC(c2ccccc2)c2ccccc2)[C@@H]2CC[C@H]1C2. The van der Waals surface area contributed by atoms with Gasteiger partial charge in [0, 0.05) is 6.42 Å². The lowest BCUT2D eigenvalue weighted by Crippen LogP contribution is -2.33. The van der Waals surface area contributed by atoms with Gasteiger partial charge in [-0.2, -0.15) is 0 Å². The number of carbonyl (C=O) groups is 2. The lowest BCUT2D eigenvalue weighted by Gasteiger charge is -2.30. The van der Waals surface area contributed by atoms with Crippen molar-refractivity contribution in [3.8, 4) is 0 Å². The molecule has 0 saturated heterocycles. The smallest absolute Gasteiger partial charge is 0.310 e. The summed E-state index contributed by atoms with van der Waals surface area (Å²) in [6.07, 6.45) is 3.02. The first-order valence-corrected chi connectivity index (χ1v) is 10.0. The highest BCUT2D eigenvalue weighted by molar-refractivity contribution is 5.77. The fourth-order valence-corrected chi connectivity index (χ4v) is 5.13. The maximum absolute atomic E-state index is 13.3. The minimum atomic E-state index is -0.437. The van der Waals surface area contributed by atoms with E-state index in [0.29, 0.717) is 18.3 Å². The zero-order valence-corrected chi connectivity index (χ0v) is 16.1. The van der Waals surface area contributed by atoms with E-state index in [0.717, 1.165) is 30.4 Å². The third-order valence-corrected chi connectivity index (χ3v) is 6.43. The first kappa shape index (κ1) is 18.7. The van der Waals surface area contributed by atoms with Crippen molar-refractivity contribution in [2.24, 2.45) is 23.7 Å². The fourth-order valence-electron chi connectivity index (χ4n) is 5.13. The maximum Gasteiger partial charge on any atom is 0.310 e. The van der Waals surface area contributed by atoms with E-state index in [9.17, 15) is 9.59 Å². The van der Waals surface area contributed by atoms with E-state index in [1.165, 1.54) is 7.11 Å². The van der Waals surface area contributed by atoms with Crippen LogP contribution < -0.4 is 0 Å². The van der Waals surface area contributed by atoms with Gasteiger partial charge in [-0.1, -0.05) is 60.7 Å². The Labute approximate surface area is 165 Å². The van der Waals surface area contributed by atoms with Crippen LogP contribution in [0.2, 0.25) is 0 Å². The lowest BCUT2D eigenvalue weighted by atomic mass is 9.77. The Bertz CT molecular complexity index is 778. The number of rotatable bonds is 6. The predicted molar refractivity (Wildman–Crippen MR) is 105 cm³/mol. The summed E-state index contributed by atoms with van der Waals surface area (Å²) < 4.78 is 11.0. The zero-order valence-electron chi connectivity index (χ0n) is 16.1. The van der Waals surface area contributed by atoms with Crippen LogP contribution >= 0.6 is 0 Å². The minimum absolute atomic E-state index is 0.0332. The predicted octanol–water partition coefficient (Wildman–Crippen LogP) is 4.54. The van der Waals surface area contributed by atoms with Gasteiger partial charge < -0.3 is 9.47 Å². The molecular formula is C24H26O4. The minimum Gasteiger partial charge on any atom is -0.469 e. The highest BCUT2D eigenvalue weighted by Gasteiger charge is 2.52. The molecule has 2 saturated carbocycles. The molecule has 4 nitrogen and oxygen atoms in total. The molecule has 2 aromatic rings. The van der Waals surface area contributed by atoms with Gasteiger partial charge in [-0.25, -0.2) is 0 Å². The molecule has 0 aromatic heterocycles. The van der Waals surface area contributed by atoms with Gasteiger partial charge in [-0.15, -0.1) is 0 Å². The molecule has 0 amide bonds. The third-order valence-electron chi connectivity index (χ3n) is 6.43. The molecule has 146 valence electrons. The van der Waals surface area contributed by atoms with Gasteiger partial charge in [0.1, 0.15) is 0 Å². The van der Waals surface area contributed by atoms with E-state index in [1.807, 2.05) is 60.7 Å². The molecule has 4 heteroatoms. The Morgan fingerprint density at radius 2 is 1.50 bits per heavy atom. The molecule has 0 heterocycles. The number of hydrogen-bond donors (Lipinski definition) is 0. The van der Waals surface area contributed by atoms with Crippen molar-refractivity contribution in [2.75, 3.05) is 7.11 Å². The molecule has 0 aliphatic heterocycles. The van der Waals surface area contributed by atoms with Crippen molar-refractivity contribution in [1.29, 1.82) is 0 Å². The number of methoxy groups -OCH3 is 1. The van der Waals surface area contributed by atoms with Crippen LogP contribution in [0.25, 0.3) is 0 Å². The monoisotopic (exact) mass is 378 g/mol. The van der Waals surface area contributed by atoms with Crippen LogP contribution in [0.15, 0.2) is 60.7 Å². The summed E-state index contributed by atoms with van der Waals surface area (Å²) in [6.45, 7) is 0. The van der Waals surface area contributed by atoms with Crippen molar-refractivity contribution in [1.82, 2.24) is 0 Å². The second-order valence-electron chi connectivity index (χ2n) is 7.94. The third kappa shape index (κ3) is 3.68. The molecule has 2 aromatic carbocycles. The standard InChI is InChI=1S/C24H26O4/c1-27-21(25)15-20-18-12-13-19(14-18)22(20)24(26)28-23(16-8-4-2-5-9-16)17-10-6-3-7-11-17/h2-11,18-20,22-23H,12-15H2,1H3/t18-,19+,20?,22?/m0/s1. The molecule has 28 heavy (non-hydrogen) atoms. The van der Waals surface area contributed by atoms with Gasteiger partial charge in [0.05, 0.1) is 13.0 Å². The molecule has 2 bridgehead atoms. The van der Waals surface area contributed by atoms with Gasteiger partial charge in [-0.05, 0) is 48.1 Å². The topological polar surface area (TPSA) is 52.6 Å². The number of esters is 2. The molecule has 2 unspecified atom stereocenters. The van der Waals surface area contributed by atoms with E-state index >= 15 is 0 Å². The van der Waals surface area contributed by atoms with E-state index < -0.39 is 6.10 Å². The summed E-state index contributed by atoms with van der Waals surface area (Å²) in [5.74, 6) is 0.142. The van der Waals surface area contributed by atoms with Crippen molar-refractivity contribution >= 4 is 11.9 Å². The fraction of sp³-hybridized carbons (Fsp3) is 0.417. The molecule has 4 atom stereocenters. The molecule has 2 aliphatic rings. The molecule has 0 N–H and O–H groups in total. The van der Waals surface area contributed by atoms with Gasteiger partial charge in [0.25, 0.3) is 0 Å². The Balaban J connectivity index is 1.58. The van der Waals surface area contributed by atoms with Crippen molar-refractivity contribution in [3.05, 3.63) is 71.8 Å². The van der Waals surface area contributed by atoms with Crippen LogP contribution in [0.4, 0.5) is 0 Å². The molecule has 2 fully saturated rings. The molecule has 4 rings (SSSR count). The summed E-state index contributed by atoms with van der Waals surface area (Å²) in [5.41, 5.74) is 1.91. The van der Waals surface area contributed by atoms with E-state index in [1.54, 1.807) is 0 Å². The summed E-state index contributed by atoms with van der Waals surface area (Å²) in [4.78, 5) is 25.2. The molecule has 0 spiro atoms. The summed E-state index contributed by atoms with van der Waals surface area (Å²) in [6, 6.07) is 19.7. The highest BCUT2D eigenvalue weighted by Crippen LogP contribution is 2.54. The van der Waals surface area contributed by atoms with Crippen molar-refractivity contribution < 1.29 is 19.1 Å². The van der Waals surface area contributed by atoms with Crippen LogP contribution in [0.1, 0.15) is 42.9 Å². The average molecular weight is 378 g/mol. The van der Waals surface area contributed by atoms with Crippen LogP contribution in [0, 0.1) is 23.7 Å². The number of ether oxygens (including phenoxy) is 2. The van der Waals surface area contributed by atoms with E-state index in [2.05, 4.69) is 0 Å². The highest BCUT2D eigenvalue weighted by atomic mass is 16.5. The zero-order chi connectivity index (χ0) is 19.5. The Kier molecular flexibility index (Phi) is 5.47. The van der Waals surface area contributed by atoms with Crippen molar-refractivity contribution in [3.63, 3.8) is 0 Å². The first-order chi connectivity index (χ1) is 13.7. The quantitative estimate of drug-likeness (QED) is 0.692. The van der Waals surface area contributed by atoms with Gasteiger partial charge >= 0.3 is 11.9 Å². The summed E-state index contributed by atoms with van der Waals surface area (Å²) >= 11 is 0.